The smallest absolute Gasteiger partial charge is 0.240 e. The van der Waals surface area contributed by atoms with Crippen molar-refractivity contribution in [1.82, 2.24) is 4.72 Å². The van der Waals surface area contributed by atoms with Crippen LogP contribution < -0.4 is 14.9 Å². The molecule has 1 saturated heterocycles. The molecule has 31 heavy (non-hydrogen) atoms. The number of benzene rings is 2. The molecule has 1 heterocycles. The summed E-state index contributed by atoms with van der Waals surface area (Å²) in [5, 5.41) is 3.33. The van der Waals surface area contributed by atoms with Crippen LogP contribution in [0.1, 0.15) is 32.3 Å². The summed E-state index contributed by atoms with van der Waals surface area (Å²) in [6, 6.07) is 11.2. The van der Waals surface area contributed by atoms with Crippen LogP contribution in [-0.4, -0.2) is 32.8 Å². The number of nitrogens with one attached hydrogen (secondary N) is 2. The number of halogens is 1. The molecule has 1 aliphatic rings. The van der Waals surface area contributed by atoms with Crippen molar-refractivity contribution < 1.29 is 18.0 Å². The van der Waals surface area contributed by atoms with Gasteiger partial charge < -0.3 is 10.2 Å². The summed E-state index contributed by atoms with van der Waals surface area (Å²) < 4.78 is 27.3. The lowest BCUT2D eigenvalue weighted by Crippen LogP contribution is -2.32. The predicted molar refractivity (Wildman–Crippen MR) is 122 cm³/mol. The van der Waals surface area contributed by atoms with Crippen molar-refractivity contribution in [1.29, 1.82) is 0 Å². The summed E-state index contributed by atoms with van der Waals surface area (Å²) >= 11 is 6.16. The second kappa shape index (κ2) is 9.38. The fourth-order valence-electron chi connectivity index (χ4n) is 3.26. The number of sulfonamides is 1. The fraction of sp³-hybridized carbons (Fsp3) is 0.364. The molecule has 2 amide bonds. The van der Waals surface area contributed by atoms with Crippen LogP contribution in [0.15, 0.2) is 47.4 Å². The van der Waals surface area contributed by atoms with Gasteiger partial charge in [-0.25, -0.2) is 13.1 Å². The van der Waals surface area contributed by atoms with Crippen LogP contribution in [0, 0.1) is 12.8 Å². The van der Waals surface area contributed by atoms with E-state index in [4.69, 9.17) is 11.6 Å². The molecule has 0 aliphatic carbocycles. The largest absolute Gasteiger partial charge is 0.326 e. The maximum Gasteiger partial charge on any atom is 0.240 e. The molecule has 7 nitrogen and oxygen atoms in total. The van der Waals surface area contributed by atoms with Crippen LogP contribution in [0.2, 0.25) is 5.02 Å². The third-order valence-electron chi connectivity index (χ3n) is 5.36. The number of carbonyl (C=O) groups is 2. The highest BCUT2D eigenvalue weighted by atomic mass is 35.5. The Bertz CT molecular complexity index is 1090. The lowest BCUT2D eigenvalue weighted by Gasteiger charge is -2.17. The average molecular weight is 464 g/mol. The maximum absolute atomic E-state index is 12.7. The first-order valence-electron chi connectivity index (χ1n) is 10.1. The summed E-state index contributed by atoms with van der Waals surface area (Å²) in [5.41, 5.74) is 2.05. The number of aryl methyl sites for hydroxylation is 1. The van der Waals surface area contributed by atoms with Crippen molar-refractivity contribution in [3.8, 4) is 0 Å². The molecule has 3 rings (SSSR count). The number of nitrogens with zero attached hydrogens (tertiary/aromatic N) is 1. The molecule has 0 aromatic heterocycles. The van der Waals surface area contributed by atoms with Gasteiger partial charge in [-0.1, -0.05) is 24.6 Å². The van der Waals surface area contributed by atoms with E-state index in [1.165, 1.54) is 24.3 Å². The quantitative estimate of drug-likeness (QED) is 0.654. The molecular formula is C22H26ClN3O4S. The summed E-state index contributed by atoms with van der Waals surface area (Å²) in [5.74, 6) is -0.942. The molecular weight excluding hydrogens is 438 g/mol. The standard InChI is InChI=1S/C22H26ClN3O4S/c1-4-15(3)25-31(29,30)19-9-6-17(7-10-19)24-22(28)16-11-21(27)26(13-16)18-8-5-14(2)20(23)12-18/h5-10,12,15-16,25H,4,11,13H2,1-3H3,(H,24,28)/t15-,16+/m1/s1. The van der Waals surface area contributed by atoms with Crippen molar-refractivity contribution >= 4 is 44.8 Å². The maximum atomic E-state index is 12.7. The number of rotatable bonds is 7. The van der Waals surface area contributed by atoms with Gasteiger partial charge in [0.05, 0.1) is 10.8 Å². The minimum absolute atomic E-state index is 0.0998. The van der Waals surface area contributed by atoms with Gasteiger partial charge in [0.25, 0.3) is 0 Å². The zero-order valence-corrected chi connectivity index (χ0v) is 19.3. The first kappa shape index (κ1) is 23.2. The molecule has 1 aliphatic heterocycles. The Morgan fingerprint density at radius 2 is 1.90 bits per heavy atom. The van der Waals surface area contributed by atoms with E-state index in [1.54, 1.807) is 17.9 Å². The van der Waals surface area contributed by atoms with Crippen molar-refractivity contribution in [3.05, 3.63) is 53.1 Å². The zero-order valence-electron chi connectivity index (χ0n) is 17.7. The summed E-state index contributed by atoms with van der Waals surface area (Å²) in [6.45, 7) is 5.83. The van der Waals surface area contributed by atoms with E-state index in [2.05, 4.69) is 10.0 Å². The molecule has 2 atom stereocenters. The third-order valence-corrected chi connectivity index (χ3v) is 7.38. The molecule has 0 saturated carbocycles. The topological polar surface area (TPSA) is 95.6 Å². The van der Waals surface area contributed by atoms with Crippen LogP contribution in [0.25, 0.3) is 0 Å². The van der Waals surface area contributed by atoms with Gasteiger partial charge >= 0.3 is 0 Å². The number of carbonyl (C=O) groups excluding carboxylic acids is 2. The first-order valence-corrected chi connectivity index (χ1v) is 12.0. The van der Waals surface area contributed by atoms with Crippen LogP contribution in [0.3, 0.4) is 0 Å². The Hall–Kier alpha value is -2.42. The number of hydrogen-bond donors (Lipinski definition) is 2. The van der Waals surface area contributed by atoms with Crippen molar-refractivity contribution in [3.63, 3.8) is 0 Å². The second-order valence-electron chi connectivity index (χ2n) is 7.78. The van der Waals surface area contributed by atoms with E-state index in [-0.39, 0.29) is 35.7 Å². The molecule has 0 radical (unpaired) electrons. The van der Waals surface area contributed by atoms with E-state index in [0.29, 0.717) is 22.8 Å². The van der Waals surface area contributed by atoms with Crippen LogP contribution in [0.5, 0.6) is 0 Å². The molecule has 2 aromatic rings. The SMILES string of the molecule is CC[C@@H](C)NS(=O)(=O)c1ccc(NC(=O)[C@H]2CC(=O)N(c3ccc(C)c(Cl)c3)C2)cc1. The van der Waals surface area contributed by atoms with E-state index >= 15 is 0 Å². The van der Waals surface area contributed by atoms with Gasteiger partial charge in [-0.2, -0.15) is 0 Å². The Labute approximate surface area is 187 Å². The summed E-state index contributed by atoms with van der Waals surface area (Å²) in [4.78, 5) is 26.8. The van der Waals surface area contributed by atoms with E-state index in [0.717, 1.165) is 5.56 Å². The molecule has 2 aromatic carbocycles. The Morgan fingerprint density at radius 1 is 1.23 bits per heavy atom. The van der Waals surface area contributed by atoms with Gasteiger partial charge in [0, 0.05) is 35.4 Å². The highest BCUT2D eigenvalue weighted by Gasteiger charge is 2.35. The van der Waals surface area contributed by atoms with E-state index in [9.17, 15) is 18.0 Å². The molecule has 0 unspecified atom stereocenters. The van der Waals surface area contributed by atoms with Crippen LogP contribution in [-0.2, 0) is 19.6 Å². The molecule has 9 heteroatoms. The molecule has 0 bridgehead atoms. The second-order valence-corrected chi connectivity index (χ2v) is 9.90. The zero-order chi connectivity index (χ0) is 22.8. The van der Waals surface area contributed by atoms with Gasteiger partial charge in [-0.05, 0) is 62.2 Å². The highest BCUT2D eigenvalue weighted by Crippen LogP contribution is 2.29. The molecule has 1 fully saturated rings. The van der Waals surface area contributed by atoms with Gasteiger partial charge in [-0.15, -0.1) is 0 Å². The van der Waals surface area contributed by atoms with E-state index in [1.807, 2.05) is 26.0 Å². The normalized spacial score (nSPS) is 17.6. The molecule has 2 N–H and O–H groups in total. The lowest BCUT2D eigenvalue weighted by molar-refractivity contribution is -0.122. The fourth-order valence-corrected chi connectivity index (χ4v) is 4.76. The van der Waals surface area contributed by atoms with Gasteiger partial charge in [0.2, 0.25) is 21.8 Å². The average Bonchev–Trinajstić information content (AvgIpc) is 3.12. The van der Waals surface area contributed by atoms with Gasteiger partial charge in [0.1, 0.15) is 0 Å². The molecule has 0 spiro atoms. The Balaban J connectivity index is 1.65. The first-order chi connectivity index (χ1) is 14.6. The van der Waals surface area contributed by atoms with Crippen molar-refractivity contribution in [2.75, 3.05) is 16.8 Å². The lowest BCUT2D eigenvalue weighted by atomic mass is 10.1. The van der Waals surface area contributed by atoms with Crippen molar-refractivity contribution in [2.45, 2.75) is 44.6 Å². The van der Waals surface area contributed by atoms with Crippen molar-refractivity contribution in [2.24, 2.45) is 5.92 Å². The summed E-state index contributed by atoms with van der Waals surface area (Å²) in [7, 11) is -3.61. The van der Waals surface area contributed by atoms with Crippen LogP contribution in [0.4, 0.5) is 11.4 Å². The minimum Gasteiger partial charge on any atom is -0.326 e. The van der Waals surface area contributed by atoms with Gasteiger partial charge in [0.15, 0.2) is 0 Å². The molecule has 166 valence electrons. The summed E-state index contributed by atoms with van der Waals surface area (Å²) in [6.07, 6.45) is 0.780. The number of anilines is 2. The number of amides is 2. The Kier molecular flexibility index (Phi) is 7.03. The van der Waals surface area contributed by atoms with E-state index < -0.39 is 15.9 Å². The third kappa shape index (κ3) is 5.44. The predicted octanol–water partition coefficient (Wildman–Crippen LogP) is 3.72. The Morgan fingerprint density at radius 3 is 2.52 bits per heavy atom. The van der Waals surface area contributed by atoms with Gasteiger partial charge in [-0.3, -0.25) is 9.59 Å². The monoisotopic (exact) mass is 463 g/mol. The number of hydrogen-bond acceptors (Lipinski definition) is 4. The highest BCUT2D eigenvalue weighted by molar-refractivity contribution is 7.89. The van der Waals surface area contributed by atoms with Crippen LogP contribution >= 0.6 is 11.6 Å². The minimum atomic E-state index is -3.61.